The molecule has 0 spiro atoms. The highest BCUT2D eigenvalue weighted by Gasteiger charge is 2.25. The van der Waals surface area contributed by atoms with E-state index in [9.17, 15) is 9.59 Å². The second-order valence-electron chi connectivity index (χ2n) is 9.33. The quantitative estimate of drug-likeness (QED) is 0.692. The van der Waals surface area contributed by atoms with Crippen LogP contribution in [0.15, 0.2) is 42.5 Å². The van der Waals surface area contributed by atoms with Crippen molar-refractivity contribution in [3.8, 4) is 5.75 Å². The molecule has 33 heavy (non-hydrogen) atoms. The summed E-state index contributed by atoms with van der Waals surface area (Å²) < 4.78 is 5.18. The zero-order valence-corrected chi connectivity index (χ0v) is 19.8. The van der Waals surface area contributed by atoms with Crippen molar-refractivity contribution in [1.29, 1.82) is 0 Å². The minimum atomic E-state index is -0.101. The molecule has 6 heteroatoms. The number of carbonyl (C=O) groups is 2. The van der Waals surface area contributed by atoms with E-state index in [0.717, 1.165) is 74.8 Å². The first-order valence-corrected chi connectivity index (χ1v) is 12.1. The zero-order chi connectivity index (χ0) is 23.2. The van der Waals surface area contributed by atoms with Crippen LogP contribution in [0, 0.1) is 5.92 Å². The normalized spacial score (nSPS) is 17.0. The molecule has 0 radical (unpaired) electrons. The smallest absolute Gasteiger partial charge is 0.256 e. The molecule has 4 rings (SSSR count). The number of amides is 2. The largest absolute Gasteiger partial charge is 0.497 e. The summed E-state index contributed by atoms with van der Waals surface area (Å²) in [6.45, 7) is 5.83. The summed E-state index contributed by atoms with van der Waals surface area (Å²) in [6, 6.07) is 13.3. The number of rotatable bonds is 6. The lowest BCUT2D eigenvalue weighted by Gasteiger charge is -2.35. The maximum atomic E-state index is 13.5. The second-order valence-corrected chi connectivity index (χ2v) is 9.33. The predicted molar refractivity (Wildman–Crippen MR) is 132 cm³/mol. The van der Waals surface area contributed by atoms with Gasteiger partial charge in [-0.3, -0.25) is 9.59 Å². The summed E-state index contributed by atoms with van der Waals surface area (Å²) >= 11 is 0. The fourth-order valence-corrected chi connectivity index (χ4v) is 4.71. The Labute approximate surface area is 196 Å². The van der Waals surface area contributed by atoms with Crippen LogP contribution in [-0.2, 0) is 11.2 Å². The number of nitrogens with one attached hydrogen (secondary N) is 1. The van der Waals surface area contributed by atoms with Crippen LogP contribution in [-0.4, -0.2) is 50.0 Å². The average molecular weight is 450 g/mol. The van der Waals surface area contributed by atoms with Crippen LogP contribution in [0.5, 0.6) is 5.75 Å². The van der Waals surface area contributed by atoms with Gasteiger partial charge in [0.05, 0.1) is 19.1 Å². The third-order valence-electron chi connectivity index (χ3n) is 6.80. The molecule has 2 aromatic carbocycles. The van der Waals surface area contributed by atoms with Gasteiger partial charge in [-0.05, 0) is 73.9 Å². The van der Waals surface area contributed by atoms with E-state index in [1.54, 1.807) is 7.11 Å². The molecule has 6 nitrogen and oxygen atoms in total. The van der Waals surface area contributed by atoms with Crippen molar-refractivity contribution in [3.05, 3.63) is 53.6 Å². The van der Waals surface area contributed by atoms with Gasteiger partial charge in [-0.25, -0.2) is 0 Å². The summed E-state index contributed by atoms with van der Waals surface area (Å²) in [5.41, 5.74) is 3.28. The molecule has 0 bridgehead atoms. The standard InChI is InChI=1S/C27H35N3O3/c1-20-12-16-29(17-13-20)25-11-8-22(19-24(25)27(32)30-14-4-3-5-15-30)28-26(31)18-21-6-9-23(33-2)10-7-21/h6-11,19-20H,3-5,12-18H2,1-2H3,(H,28,31). The fraction of sp³-hybridized carbons (Fsp3) is 0.481. The zero-order valence-electron chi connectivity index (χ0n) is 19.8. The summed E-state index contributed by atoms with van der Waals surface area (Å²) in [6.07, 6.45) is 5.84. The van der Waals surface area contributed by atoms with Crippen molar-refractivity contribution in [3.63, 3.8) is 0 Å². The minimum Gasteiger partial charge on any atom is -0.497 e. The fourth-order valence-electron chi connectivity index (χ4n) is 4.71. The Morgan fingerprint density at radius 3 is 2.33 bits per heavy atom. The Morgan fingerprint density at radius 1 is 0.970 bits per heavy atom. The third-order valence-corrected chi connectivity index (χ3v) is 6.80. The van der Waals surface area contributed by atoms with Gasteiger partial charge in [-0.15, -0.1) is 0 Å². The molecule has 0 aromatic heterocycles. The molecule has 2 heterocycles. The Balaban J connectivity index is 1.52. The average Bonchev–Trinajstić information content (AvgIpc) is 2.85. The monoisotopic (exact) mass is 449 g/mol. The van der Waals surface area contributed by atoms with Crippen LogP contribution < -0.4 is 15.0 Å². The van der Waals surface area contributed by atoms with E-state index >= 15 is 0 Å². The summed E-state index contributed by atoms with van der Waals surface area (Å²) in [7, 11) is 1.62. The lowest BCUT2D eigenvalue weighted by molar-refractivity contribution is -0.115. The first-order chi connectivity index (χ1) is 16.0. The first kappa shape index (κ1) is 23.1. The van der Waals surface area contributed by atoms with Crippen LogP contribution in [0.3, 0.4) is 0 Å². The number of hydrogen-bond acceptors (Lipinski definition) is 4. The van der Waals surface area contributed by atoms with Crippen molar-refractivity contribution in [2.24, 2.45) is 5.92 Å². The second kappa shape index (κ2) is 10.7. The number of piperidine rings is 2. The van der Waals surface area contributed by atoms with Crippen LogP contribution in [0.4, 0.5) is 11.4 Å². The van der Waals surface area contributed by atoms with E-state index in [-0.39, 0.29) is 18.2 Å². The molecule has 2 aliphatic heterocycles. The summed E-state index contributed by atoms with van der Waals surface area (Å²) in [5, 5.41) is 2.99. The number of likely N-dealkylation sites (tertiary alicyclic amines) is 1. The van der Waals surface area contributed by atoms with E-state index in [0.29, 0.717) is 11.3 Å². The molecule has 2 saturated heterocycles. The summed E-state index contributed by atoms with van der Waals surface area (Å²) in [5.74, 6) is 1.47. The van der Waals surface area contributed by atoms with E-state index < -0.39 is 0 Å². The number of ether oxygens (including phenoxy) is 1. The molecule has 176 valence electrons. The molecule has 2 aliphatic rings. The van der Waals surface area contributed by atoms with Crippen LogP contribution in [0.25, 0.3) is 0 Å². The maximum absolute atomic E-state index is 13.5. The van der Waals surface area contributed by atoms with Gasteiger partial charge in [0.15, 0.2) is 0 Å². The minimum absolute atomic E-state index is 0.0783. The Hall–Kier alpha value is -3.02. The van der Waals surface area contributed by atoms with Gasteiger partial charge in [0, 0.05) is 37.6 Å². The molecular weight excluding hydrogens is 414 g/mol. The van der Waals surface area contributed by atoms with E-state index in [4.69, 9.17) is 4.74 Å². The van der Waals surface area contributed by atoms with Gasteiger partial charge in [0.2, 0.25) is 5.91 Å². The van der Waals surface area contributed by atoms with Gasteiger partial charge in [0.1, 0.15) is 5.75 Å². The van der Waals surface area contributed by atoms with Crippen molar-refractivity contribution in [2.75, 3.05) is 43.5 Å². The van der Waals surface area contributed by atoms with Gasteiger partial charge in [-0.1, -0.05) is 19.1 Å². The van der Waals surface area contributed by atoms with Crippen molar-refractivity contribution in [1.82, 2.24) is 4.90 Å². The van der Waals surface area contributed by atoms with Crippen molar-refractivity contribution < 1.29 is 14.3 Å². The maximum Gasteiger partial charge on any atom is 0.256 e. The predicted octanol–water partition coefficient (Wildman–Crippen LogP) is 4.74. The molecule has 1 N–H and O–H groups in total. The Bertz CT molecular complexity index is 959. The van der Waals surface area contributed by atoms with Crippen LogP contribution in [0.1, 0.15) is 54.9 Å². The molecule has 0 unspecified atom stereocenters. The molecular formula is C27H35N3O3. The van der Waals surface area contributed by atoms with Gasteiger partial charge in [0.25, 0.3) is 5.91 Å². The lowest BCUT2D eigenvalue weighted by Crippen LogP contribution is -2.38. The van der Waals surface area contributed by atoms with Crippen LogP contribution in [0.2, 0.25) is 0 Å². The van der Waals surface area contributed by atoms with E-state index in [1.807, 2.05) is 47.4 Å². The number of hydrogen-bond donors (Lipinski definition) is 1. The Kier molecular flexibility index (Phi) is 7.53. The lowest BCUT2D eigenvalue weighted by atomic mass is 9.97. The van der Waals surface area contributed by atoms with Gasteiger partial charge >= 0.3 is 0 Å². The molecule has 0 aliphatic carbocycles. The van der Waals surface area contributed by atoms with Gasteiger partial charge < -0.3 is 19.9 Å². The summed E-state index contributed by atoms with van der Waals surface area (Å²) in [4.78, 5) is 30.5. The van der Waals surface area contributed by atoms with Gasteiger partial charge in [-0.2, -0.15) is 0 Å². The van der Waals surface area contributed by atoms with E-state index in [2.05, 4.69) is 17.1 Å². The molecule has 0 saturated carbocycles. The number of benzene rings is 2. The third kappa shape index (κ3) is 5.86. The molecule has 2 amide bonds. The number of methoxy groups -OCH3 is 1. The van der Waals surface area contributed by atoms with E-state index in [1.165, 1.54) is 6.42 Å². The van der Waals surface area contributed by atoms with Crippen LogP contribution >= 0.6 is 0 Å². The molecule has 2 aromatic rings. The number of carbonyl (C=O) groups excluding carboxylic acids is 2. The number of anilines is 2. The SMILES string of the molecule is COc1ccc(CC(=O)Nc2ccc(N3CCC(C)CC3)c(C(=O)N3CCCCC3)c2)cc1. The topological polar surface area (TPSA) is 61.9 Å². The molecule has 0 atom stereocenters. The first-order valence-electron chi connectivity index (χ1n) is 12.1. The highest BCUT2D eigenvalue weighted by molar-refractivity contribution is 6.02. The molecule has 2 fully saturated rings. The highest BCUT2D eigenvalue weighted by Crippen LogP contribution is 2.30. The van der Waals surface area contributed by atoms with Crippen molar-refractivity contribution >= 4 is 23.2 Å². The highest BCUT2D eigenvalue weighted by atomic mass is 16.5. The van der Waals surface area contributed by atoms with Crippen molar-refractivity contribution in [2.45, 2.75) is 45.4 Å². The number of nitrogens with zero attached hydrogens (tertiary/aromatic N) is 2. The Morgan fingerprint density at radius 2 is 1.67 bits per heavy atom.